The molecule has 0 aliphatic carbocycles. The number of hydrogen-bond donors (Lipinski definition) is 3. The number of benzene rings is 2. The highest BCUT2D eigenvalue weighted by Crippen LogP contribution is 2.21. The quantitative estimate of drug-likeness (QED) is 0.765. The predicted molar refractivity (Wildman–Crippen MR) is 91.3 cm³/mol. The predicted octanol–water partition coefficient (Wildman–Crippen LogP) is 1.85. The molecule has 0 aromatic heterocycles. The lowest BCUT2D eigenvalue weighted by Gasteiger charge is -2.11. The molecule has 0 aliphatic rings. The number of anilines is 2. The van der Waals surface area contributed by atoms with E-state index in [0.717, 1.165) is 0 Å². The van der Waals surface area contributed by atoms with Crippen molar-refractivity contribution in [1.29, 1.82) is 0 Å². The van der Waals surface area contributed by atoms with Crippen molar-refractivity contribution in [3.63, 3.8) is 0 Å². The maximum atomic E-state index is 12.5. The summed E-state index contributed by atoms with van der Waals surface area (Å²) in [5.41, 5.74) is 6.73. The van der Waals surface area contributed by atoms with Gasteiger partial charge in [-0.2, -0.15) is 0 Å². The number of sulfonamides is 1. The van der Waals surface area contributed by atoms with E-state index in [4.69, 9.17) is 5.73 Å². The van der Waals surface area contributed by atoms with Crippen molar-refractivity contribution in [1.82, 2.24) is 0 Å². The van der Waals surface area contributed by atoms with E-state index in [0.29, 0.717) is 11.3 Å². The minimum Gasteiger partial charge on any atom is -0.366 e. The van der Waals surface area contributed by atoms with Crippen LogP contribution in [0.3, 0.4) is 0 Å². The average molecular weight is 347 g/mol. The maximum absolute atomic E-state index is 12.5. The zero-order valence-electron chi connectivity index (χ0n) is 13.2. The zero-order chi connectivity index (χ0) is 17.9. The number of primary amides is 1. The monoisotopic (exact) mass is 347 g/mol. The molecule has 0 saturated carbocycles. The summed E-state index contributed by atoms with van der Waals surface area (Å²) in [6.07, 6.45) is 0. The Balaban J connectivity index is 2.34. The first-order chi connectivity index (χ1) is 11.2. The first kappa shape index (κ1) is 17.5. The lowest BCUT2D eigenvalue weighted by molar-refractivity contribution is -0.114. The normalized spacial score (nSPS) is 10.9. The average Bonchev–Trinajstić information content (AvgIpc) is 2.46. The Morgan fingerprint density at radius 2 is 1.71 bits per heavy atom. The molecule has 0 spiro atoms. The summed E-state index contributed by atoms with van der Waals surface area (Å²) in [6, 6.07) is 10.4. The second kappa shape index (κ2) is 6.71. The molecule has 0 bridgehead atoms. The topological polar surface area (TPSA) is 118 Å². The Bertz CT molecular complexity index is 907. The van der Waals surface area contributed by atoms with E-state index in [9.17, 15) is 18.0 Å². The van der Waals surface area contributed by atoms with Crippen molar-refractivity contribution < 1.29 is 18.0 Å². The summed E-state index contributed by atoms with van der Waals surface area (Å²) < 4.78 is 27.3. The molecule has 0 unspecified atom stereocenters. The van der Waals surface area contributed by atoms with Crippen LogP contribution in [-0.2, 0) is 14.8 Å². The molecular weight excluding hydrogens is 330 g/mol. The van der Waals surface area contributed by atoms with Crippen LogP contribution in [0.5, 0.6) is 0 Å². The molecule has 24 heavy (non-hydrogen) atoms. The molecule has 4 N–H and O–H groups in total. The van der Waals surface area contributed by atoms with E-state index in [1.165, 1.54) is 31.2 Å². The van der Waals surface area contributed by atoms with Gasteiger partial charge >= 0.3 is 0 Å². The van der Waals surface area contributed by atoms with Gasteiger partial charge in [-0.05, 0) is 42.8 Å². The molecule has 0 radical (unpaired) electrons. The molecule has 2 rings (SSSR count). The van der Waals surface area contributed by atoms with Gasteiger partial charge in [0.1, 0.15) is 0 Å². The largest absolute Gasteiger partial charge is 0.366 e. The second-order valence-corrected chi connectivity index (χ2v) is 6.89. The number of hydrogen-bond acceptors (Lipinski definition) is 4. The summed E-state index contributed by atoms with van der Waals surface area (Å²) >= 11 is 0. The number of rotatable bonds is 5. The summed E-state index contributed by atoms with van der Waals surface area (Å²) in [4.78, 5) is 22.4. The second-order valence-electron chi connectivity index (χ2n) is 5.21. The van der Waals surface area contributed by atoms with Crippen LogP contribution < -0.4 is 15.8 Å². The van der Waals surface area contributed by atoms with Crippen molar-refractivity contribution in [2.45, 2.75) is 18.7 Å². The Morgan fingerprint density at radius 1 is 1.04 bits per heavy atom. The fraction of sp³-hybridized carbons (Fsp3) is 0.125. The standard InChI is InChI=1S/C16H17N3O4S/c1-10-6-7-14(9-15(10)16(17)21)24(22,23)19-13-5-3-4-12(8-13)18-11(2)20/h3-9,19H,1-2H3,(H2,17,21)(H,18,20). The third-order valence-electron chi connectivity index (χ3n) is 3.22. The van der Waals surface area contributed by atoms with Gasteiger partial charge in [-0.15, -0.1) is 0 Å². The van der Waals surface area contributed by atoms with Gasteiger partial charge in [-0.1, -0.05) is 12.1 Å². The third-order valence-corrected chi connectivity index (χ3v) is 4.60. The number of amides is 2. The fourth-order valence-corrected chi connectivity index (χ4v) is 3.19. The van der Waals surface area contributed by atoms with Gasteiger partial charge < -0.3 is 11.1 Å². The smallest absolute Gasteiger partial charge is 0.261 e. The molecule has 8 heteroatoms. The first-order valence-electron chi connectivity index (χ1n) is 7.00. The minimum atomic E-state index is -3.90. The van der Waals surface area contributed by atoms with Gasteiger partial charge in [0.2, 0.25) is 11.8 Å². The van der Waals surface area contributed by atoms with Gasteiger partial charge in [0.15, 0.2) is 0 Å². The van der Waals surface area contributed by atoms with Crippen LogP contribution in [0.4, 0.5) is 11.4 Å². The lowest BCUT2D eigenvalue weighted by atomic mass is 10.1. The zero-order valence-corrected chi connectivity index (χ0v) is 14.0. The summed E-state index contributed by atoms with van der Waals surface area (Å²) in [7, 11) is -3.90. The third kappa shape index (κ3) is 4.11. The Hall–Kier alpha value is -2.87. The Morgan fingerprint density at radius 3 is 2.33 bits per heavy atom. The molecule has 2 aromatic rings. The highest BCUT2D eigenvalue weighted by atomic mass is 32.2. The Kier molecular flexibility index (Phi) is 4.89. The Labute approximate surface area is 139 Å². The number of nitrogens with two attached hydrogens (primary N) is 1. The van der Waals surface area contributed by atoms with Gasteiger partial charge in [0.25, 0.3) is 10.0 Å². The number of carbonyl (C=O) groups is 2. The molecule has 0 atom stereocenters. The van der Waals surface area contributed by atoms with Crippen LogP contribution in [0.2, 0.25) is 0 Å². The summed E-state index contributed by atoms with van der Waals surface area (Å²) in [6.45, 7) is 3.02. The molecule has 126 valence electrons. The lowest BCUT2D eigenvalue weighted by Crippen LogP contribution is -2.17. The van der Waals surface area contributed by atoms with Gasteiger partial charge in [0.05, 0.1) is 10.6 Å². The molecule has 7 nitrogen and oxygen atoms in total. The van der Waals surface area contributed by atoms with Crippen LogP contribution in [0.15, 0.2) is 47.4 Å². The van der Waals surface area contributed by atoms with Gasteiger partial charge in [0, 0.05) is 18.2 Å². The minimum absolute atomic E-state index is 0.0770. The summed E-state index contributed by atoms with van der Waals surface area (Å²) in [5, 5.41) is 2.57. The van der Waals surface area contributed by atoms with Crippen molar-refractivity contribution in [2.24, 2.45) is 5.73 Å². The van der Waals surface area contributed by atoms with Crippen LogP contribution in [0.25, 0.3) is 0 Å². The van der Waals surface area contributed by atoms with E-state index >= 15 is 0 Å². The van der Waals surface area contributed by atoms with E-state index in [2.05, 4.69) is 10.0 Å². The van der Waals surface area contributed by atoms with Crippen molar-refractivity contribution in [3.05, 3.63) is 53.6 Å². The van der Waals surface area contributed by atoms with Crippen LogP contribution in [-0.4, -0.2) is 20.2 Å². The van der Waals surface area contributed by atoms with Crippen molar-refractivity contribution >= 4 is 33.2 Å². The SMILES string of the molecule is CC(=O)Nc1cccc(NS(=O)(=O)c2ccc(C)c(C(N)=O)c2)c1. The van der Waals surface area contributed by atoms with Gasteiger partial charge in [-0.3, -0.25) is 14.3 Å². The number of aryl methyl sites for hydroxylation is 1. The molecule has 0 aliphatic heterocycles. The van der Waals surface area contributed by atoms with E-state index in [1.54, 1.807) is 25.1 Å². The van der Waals surface area contributed by atoms with Crippen molar-refractivity contribution in [2.75, 3.05) is 10.0 Å². The van der Waals surface area contributed by atoms with Gasteiger partial charge in [-0.25, -0.2) is 8.42 Å². The van der Waals surface area contributed by atoms with Crippen molar-refractivity contribution in [3.8, 4) is 0 Å². The molecule has 0 heterocycles. The highest BCUT2D eigenvalue weighted by molar-refractivity contribution is 7.92. The number of nitrogens with one attached hydrogen (secondary N) is 2. The number of carbonyl (C=O) groups excluding carboxylic acids is 2. The summed E-state index contributed by atoms with van der Waals surface area (Å²) in [5.74, 6) is -0.961. The first-order valence-corrected chi connectivity index (χ1v) is 8.48. The molecule has 2 amide bonds. The van der Waals surface area contributed by atoms with E-state index in [1.807, 2.05) is 0 Å². The van der Waals surface area contributed by atoms with E-state index < -0.39 is 15.9 Å². The molecule has 0 fully saturated rings. The molecular formula is C16H17N3O4S. The van der Waals surface area contributed by atoms with Crippen LogP contribution in [0.1, 0.15) is 22.8 Å². The van der Waals surface area contributed by atoms with Crippen LogP contribution >= 0.6 is 0 Å². The van der Waals surface area contributed by atoms with Crippen LogP contribution in [0, 0.1) is 6.92 Å². The molecule has 2 aromatic carbocycles. The fourth-order valence-electron chi connectivity index (χ4n) is 2.11. The maximum Gasteiger partial charge on any atom is 0.261 e. The molecule has 0 saturated heterocycles. The van der Waals surface area contributed by atoms with E-state index in [-0.39, 0.29) is 22.1 Å². The highest BCUT2D eigenvalue weighted by Gasteiger charge is 2.17.